The minimum atomic E-state index is -3.72. The van der Waals surface area contributed by atoms with Gasteiger partial charge in [0.2, 0.25) is 5.88 Å². The Morgan fingerprint density at radius 1 is 1.03 bits per heavy atom. The van der Waals surface area contributed by atoms with Crippen molar-refractivity contribution in [3.63, 3.8) is 0 Å². The molecule has 0 saturated heterocycles. The van der Waals surface area contributed by atoms with E-state index in [2.05, 4.69) is 79.0 Å². The Kier molecular flexibility index (Phi) is 8.46. The van der Waals surface area contributed by atoms with Crippen LogP contribution in [-0.2, 0) is 35.1 Å². The largest absolute Gasteiger partial charge is 0.481 e. The fourth-order valence-corrected chi connectivity index (χ4v) is 7.61. The van der Waals surface area contributed by atoms with E-state index in [1.807, 2.05) is 6.07 Å². The summed E-state index contributed by atoms with van der Waals surface area (Å²) in [6.45, 7) is 23.0. The quantitative estimate of drug-likeness (QED) is 0.272. The van der Waals surface area contributed by atoms with E-state index in [1.54, 1.807) is 7.11 Å². The Morgan fingerprint density at radius 2 is 1.63 bits per heavy atom. The second-order valence-electron chi connectivity index (χ2n) is 14.1. The smallest absolute Gasteiger partial charge is 0.325 e. The predicted molar refractivity (Wildman–Crippen MR) is 157 cm³/mol. The number of ether oxygens (including phenoxy) is 1. The molecule has 1 fully saturated rings. The van der Waals surface area contributed by atoms with Crippen LogP contribution in [0.4, 0.5) is 0 Å². The number of nitrogens with zero attached hydrogens (tertiary/aromatic N) is 2. The summed E-state index contributed by atoms with van der Waals surface area (Å²) < 4.78 is 48.3. The molecule has 0 aromatic carbocycles. The van der Waals surface area contributed by atoms with Gasteiger partial charge in [0.25, 0.3) is 0 Å². The third-order valence-corrected chi connectivity index (χ3v) is 18.4. The minimum absolute atomic E-state index is 0.0253. The highest BCUT2D eigenvalue weighted by Gasteiger charge is 2.57. The number of fused-ring (bicyclic) bond motifs is 4. The van der Waals surface area contributed by atoms with Crippen LogP contribution in [0.5, 0.6) is 5.88 Å². The van der Waals surface area contributed by atoms with Crippen LogP contribution in [0, 0.1) is 5.92 Å². The highest BCUT2D eigenvalue weighted by Crippen LogP contribution is 2.53. The maximum Gasteiger partial charge on any atom is 0.325 e. The molecule has 0 N–H and O–H groups in total. The highest BCUT2D eigenvalue weighted by atomic mass is 32.2. The lowest BCUT2D eigenvalue weighted by Gasteiger charge is -2.56. The van der Waals surface area contributed by atoms with Gasteiger partial charge in [-0.3, -0.25) is 4.28 Å². The van der Waals surface area contributed by atoms with Gasteiger partial charge in [0.05, 0.1) is 25.2 Å². The molecule has 1 aromatic heterocycles. The Hall–Kier alpha value is -1.28. The van der Waals surface area contributed by atoms with Crippen molar-refractivity contribution in [3.05, 3.63) is 23.4 Å². The first-order valence-electron chi connectivity index (χ1n) is 13.4. The fourth-order valence-electron chi connectivity index (χ4n) is 4.91. The van der Waals surface area contributed by atoms with Crippen LogP contribution in [-0.4, -0.2) is 61.8 Å². The Labute approximate surface area is 232 Å². The van der Waals surface area contributed by atoms with Crippen LogP contribution in [0.15, 0.2) is 17.3 Å². The number of pyridine rings is 1. The van der Waals surface area contributed by atoms with E-state index in [0.29, 0.717) is 31.7 Å². The molecule has 11 heteroatoms. The van der Waals surface area contributed by atoms with Crippen LogP contribution in [0.2, 0.25) is 36.3 Å². The maximum absolute atomic E-state index is 11.8. The number of oxime groups is 1. The maximum atomic E-state index is 11.8. The standard InChI is InChI=1S/C27H48N2O6SSi2/c1-25(2,3)37(9,10)33-18-27-17-20(29-35-36(8,30)31)15-19(24(27)34-38(11,12)26(4,5)6)16-22-21(27)13-14-23(28-22)32-7/h13-14,19,24H,15-18H2,1-12H3/b29-20+/t19-,24+,27-/m0/s1. The SMILES string of the molecule is COc1ccc2c(n1)C[C@@H]1C/C(=N\OS(C)(=O)=O)C[C@@]2(CO[Si](C)(C)C(C)(C)C)[C@@H]1O[Si](C)(C)C(C)(C)C. The summed E-state index contributed by atoms with van der Waals surface area (Å²) in [5.41, 5.74) is 2.20. The van der Waals surface area contributed by atoms with Gasteiger partial charge in [0, 0.05) is 30.2 Å². The molecule has 3 rings (SSSR count). The van der Waals surface area contributed by atoms with Crippen molar-refractivity contribution >= 4 is 32.5 Å². The van der Waals surface area contributed by atoms with Crippen LogP contribution in [0.1, 0.15) is 65.6 Å². The van der Waals surface area contributed by atoms with E-state index >= 15 is 0 Å². The molecule has 1 heterocycles. The van der Waals surface area contributed by atoms with Gasteiger partial charge in [0.1, 0.15) is 0 Å². The van der Waals surface area contributed by atoms with E-state index in [-0.39, 0.29) is 22.1 Å². The van der Waals surface area contributed by atoms with Gasteiger partial charge in [0.15, 0.2) is 16.6 Å². The van der Waals surface area contributed by atoms with Crippen LogP contribution < -0.4 is 4.74 Å². The second-order valence-corrected chi connectivity index (χ2v) is 25.3. The van der Waals surface area contributed by atoms with E-state index in [9.17, 15) is 8.42 Å². The molecule has 0 unspecified atom stereocenters. The molecule has 2 aliphatic carbocycles. The molecule has 1 saturated carbocycles. The summed E-state index contributed by atoms with van der Waals surface area (Å²) >= 11 is 0. The molecule has 0 spiro atoms. The minimum Gasteiger partial charge on any atom is -0.481 e. The van der Waals surface area contributed by atoms with Crippen molar-refractivity contribution in [2.75, 3.05) is 20.0 Å². The van der Waals surface area contributed by atoms with Gasteiger partial charge < -0.3 is 13.6 Å². The molecule has 0 aliphatic heterocycles. The summed E-state index contributed by atoms with van der Waals surface area (Å²) in [6.07, 6.45) is 2.65. The predicted octanol–water partition coefficient (Wildman–Crippen LogP) is 6.04. The van der Waals surface area contributed by atoms with E-state index in [0.717, 1.165) is 23.2 Å². The van der Waals surface area contributed by atoms with Crippen molar-refractivity contribution in [1.29, 1.82) is 0 Å². The zero-order valence-corrected chi connectivity index (χ0v) is 28.2. The average molecular weight is 585 g/mol. The summed E-state index contributed by atoms with van der Waals surface area (Å²) in [5, 5.41) is 4.21. The number of hydrogen-bond acceptors (Lipinski definition) is 8. The number of rotatable bonds is 8. The molecular formula is C27H48N2O6SSi2. The van der Waals surface area contributed by atoms with Crippen molar-refractivity contribution in [2.45, 2.75) is 109 Å². The molecule has 1 aromatic rings. The van der Waals surface area contributed by atoms with Gasteiger partial charge in [-0.2, -0.15) is 8.42 Å². The highest BCUT2D eigenvalue weighted by molar-refractivity contribution is 7.85. The lowest BCUT2D eigenvalue weighted by atomic mass is 9.58. The Balaban J connectivity index is 2.22. The molecular weight excluding hydrogens is 537 g/mol. The number of aromatic nitrogens is 1. The first-order chi connectivity index (χ1) is 17.1. The summed E-state index contributed by atoms with van der Waals surface area (Å²) in [4.78, 5) is 4.86. The molecule has 0 radical (unpaired) electrons. The summed E-state index contributed by atoms with van der Waals surface area (Å²) in [7, 11) is -6.41. The zero-order chi connectivity index (χ0) is 28.9. The topological polar surface area (TPSA) is 96.3 Å². The third-order valence-electron chi connectivity index (χ3n) is 9.17. The van der Waals surface area contributed by atoms with Gasteiger partial charge in [-0.15, -0.1) is 0 Å². The molecule has 216 valence electrons. The molecule has 0 amide bonds. The molecule has 38 heavy (non-hydrogen) atoms. The van der Waals surface area contributed by atoms with Crippen molar-refractivity contribution in [3.8, 4) is 5.88 Å². The number of hydrogen-bond donors (Lipinski definition) is 0. The van der Waals surface area contributed by atoms with Crippen molar-refractivity contribution < 1.29 is 26.3 Å². The van der Waals surface area contributed by atoms with Crippen LogP contribution >= 0.6 is 0 Å². The number of methoxy groups -OCH3 is 1. The van der Waals surface area contributed by atoms with E-state index in [1.165, 1.54) is 0 Å². The lowest BCUT2D eigenvalue weighted by Crippen LogP contribution is -2.62. The van der Waals surface area contributed by atoms with E-state index in [4.69, 9.17) is 22.9 Å². The monoisotopic (exact) mass is 584 g/mol. The van der Waals surface area contributed by atoms with Gasteiger partial charge >= 0.3 is 10.1 Å². The van der Waals surface area contributed by atoms with Gasteiger partial charge in [-0.05, 0) is 60.6 Å². The third kappa shape index (κ3) is 6.37. The van der Waals surface area contributed by atoms with Crippen molar-refractivity contribution in [1.82, 2.24) is 4.98 Å². The average Bonchev–Trinajstić information content (AvgIpc) is 2.75. The lowest BCUT2D eigenvalue weighted by molar-refractivity contribution is -0.00663. The second kappa shape index (κ2) is 10.3. The Morgan fingerprint density at radius 3 is 2.16 bits per heavy atom. The van der Waals surface area contributed by atoms with Gasteiger partial charge in [-0.1, -0.05) is 52.8 Å². The summed E-state index contributed by atoms with van der Waals surface area (Å²) in [5.74, 6) is 0.635. The first kappa shape index (κ1) is 31.3. The molecule has 2 aliphatic rings. The normalized spacial score (nSPS) is 25.7. The van der Waals surface area contributed by atoms with Gasteiger partial charge in [-0.25, -0.2) is 4.98 Å². The fraction of sp³-hybridized carbons (Fsp3) is 0.778. The van der Waals surface area contributed by atoms with E-state index < -0.39 is 32.2 Å². The zero-order valence-electron chi connectivity index (χ0n) is 25.4. The molecule has 3 atom stereocenters. The molecule has 8 nitrogen and oxygen atoms in total. The molecule has 2 bridgehead atoms. The Bertz CT molecular complexity index is 1170. The van der Waals surface area contributed by atoms with Crippen molar-refractivity contribution in [2.24, 2.45) is 11.1 Å². The first-order valence-corrected chi connectivity index (χ1v) is 21.1. The van der Waals surface area contributed by atoms with Crippen LogP contribution in [0.25, 0.3) is 0 Å². The summed E-state index contributed by atoms with van der Waals surface area (Å²) in [6, 6.07) is 3.99. The van der Waals surface area contributed by atoms with Crippen LogP contribution in [0.3, 0.4) is 0 Å².